The first kappa shape index (κ1) is 15.9. The topological polar surface area (TPSA) is 66.4 Å². The van der Waals surface area contributed by atoms with Crippen LogP contribution in [0.3, 0.4) is 0 Å². The summed E-state index contributed by atoms with van der Waals surface area (Å²) in [6, 6.07) is 6.23. The molecule has 0 bridgehead atoms. The van der Waals surface area contributed by atoms with Crippen molar-refractivity contribution in [2.75, 3.05) is 11.1 Å². The highest BCUT2D eigenvalue weighted by atomic mass is 32.2. The van der Waals surface area contributed by atoms with Crippen molar-refractivity contribution >= 4 is 29.3 Å². The lowest BCUT2D eigenvalue weighted by atomic mass is 10.0. The molecular weight excluding hydrogens is 286 g/mol. The van der Waals surface area contributed by atoms with E-state index in [1.165, 1.54) is 44.2 Å². The Bertz CT molecular complexity index is 481. The Balaban J connectivity index is 1.70. The number of carboxylic acids is 1. The van der Waals surface area contributed by atoms with Crippen LogP contribution in [0, 0.1) is 0 Å². The smallest absolute Gasteiger partial charge is 0.335 e. The van der Waals surface area contributed by atoms with Crippen molar-refractivity contribution in [1.29, 1.82) is 0 Å². The van der Waals surface area contributed by atoms with E-state index in [-0.39, 0.29) is 11.5 Å². The normalized spacial score (nSPS) is 15.6. The van der Waals surface area contributed by atoms with Crippen LogP contribution >= 0.6 is 11.8 Å². The van der Waals surface area contributed by atoms with E-state index in [1.54, 1.807) is 12.1 Å². The Morgan fingerprint density at radius 1 is 1.14 bits per heavy atom. The molecule has 0 atom stereocenters. The maximum atomic E-state index is 11.8. The summed E-state index contributed by atoms with van der Waals surface area (Å²) in [5.74, 6) is -0.123. The van der Waals surface area contributed by atoms with Crippen molar-refractivity contribution in [3.8, 4) is 0 Å². The standard InChI is InChI=1S/C16H21NO3S/c18-15(10-11-21-14-4-2-1-3-5-14)17-13-8-6-12(7-9-13)16(19)20/h6-9,14H,1-5,10-11H2,(H,17,18)(H,19,20). The van der Waals surface area contributed by atoms with Gasteiger partial charge in [0.1, 0.15) is 0 Å². The van der Waals surface area contributed by atoms with Gasteiger partial charge in [0.05, 0.1) is 5.56 Å². The van der Waals surface area contributed by atoms with Crippen LogP contribution in [0.4, 0.5) is 5.69 Å². The molecule has 1 aliphatic carbocycles. The number of thioether (sulfide) groups is 1. The van der Waals surface area contributed by atoms with Crippen LogP contribution in [0.25, 0.3) is 0 Å². The number of nitrogens with one attached hydrogen (secondary N) is 1. The summed E-state index contributed by atoms with van der Waals surface area (Å²) in [7, 11) is 0. The minimum absolute atomic E-state index is 0.0126. The first-order chi connectivity index (χ1) is 10.1. The SMILES string of the molecule is O=C(CCSC1CCCCC1)Nc1ccc(C(=O)O)cc1. The third-order valence-electron chi connectivity index (χ3n) is 3.65. The van der Waals surface area contributed by atoms with E-state index in [0.717, 1.165) is 11.0 Å². The highest BCUT2D eigenvalue weighted by molar-refractivity contribution is 7.99. The molecule has 0 aromatic heterocycles. The van der Waals surface area contributed by atoms with Crippen molar-refractivity contribution in [3.63, 3.8) is 0 Å². The van der Waals surface area contributed by atoms with E-state index in [0.29, 0.717) is 12.1 Å². The van der Waals surface area contributed by atoms with Gasteiger partial charge < -0.3 is 10.4 Å². The highest BCUT2D eigenvalue weighted by Crippen LogP contribution is 2.28. The van der Waals surface area contributed by atoms with Gasteiger partial charge in [0, 0.05) is 23.1 Å². The molecule has 0 heterocycles. The molecule has 1 amide bonds. The molecule has 2 N–H and O–H groups in total. The summed E-state index contributed by atoms with van der Waals surface area (Å²) in [6.07, 6.45) is 7.05. The Hall–Kier alpha value is -1.49. The Morgan fingerprint density at radius 2 is 1.81 bits per heavy atom. The maximum absolute atomic E-state index is 11.8. The van der Waals surface area contributed by atoms with Gasteiger partial charge in [-0.2, -0.15) is 11.8 Å². The summed E-state index contributed by atoms with van der Waals surface area (Å²) in [5.41, 5.74) is 0.869. The summed E-state index contributed by atoms with van der Waals surface area (Å²) >= 11 is 1.90. The molecule has 1 aliphatic rings. The number of carboxylic acid groups (broad SMARTS) is 1. The van der Waals surface area contributed by atoms with Crippen molar-refractivity contribution in [1.82, 2.24) is 0 Å². The van der Waals surface area contributed by atoms with Gasteiger partial charge in [0.25, 0.3) is 0 Å². The highest BCUT2D eigenvalue weighted by Gasteiger charge is 2.14. The molecule has 1 saturated carbocycles. The fourth-order valence-electron chi connectivity index (χ4n) is 2.47. The molecule has 2 rings (SSSR count). The lowest BCUT2D eigenvalue weighted by molar-refractivity contribution is -0.115. The molecule has 21 heavy (non-hydrogen) atoms. The van der Waals surface area contributed by atoms with Gasteiger partial charge in [-0.05, 0) is 37.1 Å². The number of hydrogen-bond acceptors (Lipinski definition) is 3. The zero-order valence-corrected chi connectivity index (χ0v) is 12.8. The molecule has 0 saturated heterocycles. The first-order valence-electron chi connectivity index (χ1n) is 7.40. The second kappa shape index (κ2) is 8.08. The maximum Gasteiger partial charge on any atom is 0.335 e. The Kier molecular flexibility index (Phi) is 6.11. The Morgan fingerprint density at radius 3 is 2.43 bits per heavy atom. The van der Waals surface area contributed by atoms with E-state index < -0.39 is 5.97 Å². The summed E-state index contributed by atoms with van der Waals surface area (Å²) in [6.45, 7) is 0. The van der Waals surface area contributed by atoms with Crippen LogP contribution in [0.5, 0.6) is 0 Å². The molecule has 0 radical (unpaired) electrons. The van der Waals surface area contributed by atoms with Gasteiger partial charge in [0.2, 0.25) is 5.91 Å². The minimum Gasteiger partial charge on any atom is -0.478 e. The predicted octanol–water partition coefficient (Wildman–Crippen LogP) is 3.78. The van der Waals surface area contributed by atoms with Gasteiger partial charge in [-0.15, -0.1) is 0 Å². The zero-order valence-electron chi connectivity index (χ0n) is 12.0. The lowest BCUT2D eigenvalue weighted by Crippen LogP contribution is -2.14. The summed E-state index contributed by atoms with van der Waals surface area (Å²) in [5, 5.41) is 12.3. The average Bonchev–Trinajstić information content (AvgIpc) is 2.49. The molecule has 114 valence electrons. The van der Waals surface area contributed by atoms with Crippen LogP contribution in [0.1, 0.15) is 48.9 Å². The average molecular weight is 307 g/mol. The zero-order chi connectivity index (χ0) is 15.1. The number of carbonyl (C=O) groups is 2. The van der Waals surface area contributed by atoms with Crippen LogP contribution < -0.4 is 5.32 Å². The number of hydrogen-bond donors (Lipinski definition) is 2. The van der Waals surface area contributed by atoms with Gasteiger partial charge in [-0.3, -0.25) is 4.79 Å². The van der Waals surface area contributed by atoms with Gasteiger partial charge in [0.15, 0.2) is 0 Å². The second-order valence-corrected chi connectivity index (χ2v) is 6.72. The molecule has 1 fully saturated rings. The van der Waals surface area contributed by atoms with E-state index >= 15 is 0 Å². The third-order valence-corrected chi connectivity index (χ3v) is 5.03. The van der Waals surface area contributed by atoms with E-state index in [1.807, 2.05) is 11.8 Å². The molecule has 1 aromatic carbocycles. The van der Waals surface area contributed by atoms with Crippen LogP contribution in [-0.4, -0.2) is 28.0 Å². The van der Waals surface area contributed by atoms with Crippen LogP contribution in [0.15, 0.2) is 24.3 Å². The molecule has 4 nitrogen and oxygen atoms in total. The largest absolute Gasteiger partial charge is 0.478 e. The lowest BCUT2D eigenvalue weighted by Gasteiger charge is -2.20. The minimum atomic E-state index is -0.961. The quantitative estimate of drug-likeness (QED) is 0.839. The van der Waals surface area contributed by atoms with Gasteiger partial charge in [-0.25, -0.2) is 4.79 Å². The van der Waals surface area contributed by atoms with E-state index in [9.17, 15) is 9.59 Å². The van der Waals surface area contributed by atoms with Gasteiger partial charge in [-0.1, -0.05) is 19.3 Å². The molecular formula is C16H21NO3S. The first-order valence-corrected chi connectivity index (χ1v) is 8.45. The molecule has 5 heteroatoms. The molecule has 0 unspecified atom stereocenters. The second-order valence-electron chi connectivity index (χ2n) is 5.31. The van der Waals surface area contributed by atoms with Crippen molar-refractivity contribution in [2.24, 2.45) is 0 Å². The van der Waals surface area contributed by atoms with Crippen LogP contribution in [-0.2, 0) is 4.79 Å². The van der Waals surface area contributed by atoms with Crippen LogP contribution in [0.2, 0.25) is 0 Å². The van der Waals surface area contributed by atoms with Gasteiger partial charge >= 0.3 is 5.97 Å². The summed E-state index contributed by atoms with van der Waals surface area (Å²) in [4.78, 5) is 22.6. The van der Waals surface area contributed by atoms with E-state index in [4.69, 9.17) is 5.11 Å². The number of anilines is 1. The number of rotatable bonds is 6. The van der Waals surface area contributed by atoms with Crippen molar-refractivity contribution in [2.45, 2.75) is 43.8 Å². The molecule has 1 aromatic rings. The van der Waals surface area contributed by atoms with Crippen molar-refractivity contribution in [3.05, 3.63) is 29.8 Å². The fraction of sp³-hybridized carbons (Fsp3) is 0.500. The van der Waals surface area contributed by atoms with Crippen molar-refractivity contribution < 1.29 is 14.7 Å². The third kappa shape index (κ3) is 5.42. The predicted molar refractivity (Wildman–Crippen MR) is 86.0 cm³/mol. The van der Waals surface area contributed by atoms with E-state index in [2.05, 4.69) is 5.32 Å². The number of aromatic carboxylic acids is 1. The summed E-state index contributed by atoms with van der Waals surface area (Å²) < 4.78 is 0. The monoisotopic (exact) mass is 307 g/mol. The number of carbonyl (C=O) groups excluding carboxylic acids is 1. The number of amides is 1. The number of benzene rings is 1. The Labute approximate surface area is 129 Å². The molecule has 0 spiro atoms. The molecule has 0 aliphatic heterocycles. The fourth-order valence-corrected chi connectivity index (χ4v) is 3.77.